The standard InChI is InChI=1S/C16H26N4O2/c1-11(2)13-10-14(20-16(17)19-13)15(21)18-8-5-9-22-12-6-3-4-7-12/h10-12H,3-9H2,1-2H3,(H,18,21)(H2,17,19,20). The topological polar surface area (TPSA) is 90.1 Å². The van der Waals surface area contributed by atoms with Crippen molar-refractivity contribution in [2.75, 3.05) is 18.9 Å². The molecule has 0 bridgehead atoms. The van der Waals surface area contributed by atoms with Crippen LogP contribution in [0.1, 0.15) is 68.1 Å². The molecule has 6 nitrogen and oxygen atoms in total. The second-order valence-electron chi connectivity index (χ2n) is 6.08. The molecule has 1 heterocycles. The van der Waals surface area contributed by atoms with Crippen molar-refractivity contribution in [3.05, 3.63) is 17.5 Å². The van der Waals surface area contributed by atoms with Crippen LogP contribution in [0, 0.1) is 0 Å². The number of ether oxygens (including phenoxy) is 1. The first kappa shape index (κ1) is 16.7. The fraction of sp³-hybridized carbons (Fsp3) is 0.688. The van der Waals surface area contributed by atoms with Crippen LogP contribution in [0.4, 0.5) is 5.95 Å². The predicted molar refractivity (Wildman–Crippen MR) is 85.7 cm³/mol. The van der Waals surface area contributed by atoms with E-state index in [1.54, 1.807) is 6.07 Å². The van der Waals surface area contributed by atoms with Gasteiger partial charge in [-0.05, 0) is 31.2 Å². The van der Waals surface area contributed by atoms with E-state index in [1.807, 2.05) is 13.8 Å². The molecule has 122 valence electrons. The van der Waals surface area contributed by atoms with E-state index in [-0.39, 0.29) is 17.8 Å². The van der Waals surface area contributed by atoms with Crippen molar-refractivity contribution in [3.63, 3.8) is 0 Å². The van der Waals surface area contributed by atoms with E-state index in [1.165, 1.54) is 25.7 Å². The van der Waals surface area contributed by atoms with Crippen molar-refractivity contribution in [1.82, 2.24) is 15.3 Å². The van der Waals surface area contributed by atoms with Gasteiger partial charge in [0.1, 0.15) is 5.69 Å². The summed E-state index contributed by atoms with van der Waals surface area (Å²) in [6, 6.07) is 1.70. The fourth-order valence-electron chi connectivity index (χ4n) is 2.57. The number of carbonyl (C=O) groups is 1. The Morgan fingerprint density at radius 1 is 1.41 bits per heavy atom. The molecular weight excluding hydrogens is 280 g/mol. The zero-order valence-corrected chi connectivity index (χ0v) is 13.5. The number of carbonyl (C=O) groups excluding carboxylic acids is 1. The predicted octanol–water partition coefficient (Wildman–Crippen LogP) is 2.26. The van der Waals surface area contributed by atoms with Crippen LogP contribution in [-0.4, -0.2) is 35.1 Å². The highest BCUT2D eigenvalue weighted by atomic mass is 16.5. The molecule has 3 N–H and O–H groups in total. The number of nitrogens with zero attached hydrogens (tertiary/aromatic N) is 2. The van der Waals surface area contributed by atoms with Gasteiger partial charge in [0.2, 0.25) is 5.95 Å². The molecule has 2 rings (SSSR count). The Hall–Kier alpha value is -1.69. The SMILES string of the molecule is CC(C)c1cc(C(=O)NCCCOC2CCCC2)nc(N)n1. The number of nitrogens with one attached hydrogen (secondary N) is 1. The van der Waals surface area contributed by atoms with Gasteiger partial charge in [0.25, 0.3) is 5.91 Å². The highest BCUT2D eigenvalue weighted by Crippen LogP contribution is 2.20. The molecule has 1 fully saturated rings. The highest BCUT2D eigenvalue weighted by molar-refractivity contribution is 5.92. The molecular formula is C16H26N4O2. The first-order valence-corrected chi connectivity index (χ1v) is 8.10. The Balaban J connectivity index is 1.74. The normalized spacial score (nSPS) is 15.4. The van der Waals surface area contributed by atoms with Crippen LogP contribution in [0.25, 0.3) is 0 Å². The number of hydrogen-bond donors (Lipinski definition) is 2. The van der Waals surface area contributed by atoms with Gasteiger partial charge in [0.15, 0.2) is 0 Å². The number of anilines is 1. The third-order valence-electron chi connectivity index (χ3n) is 3.85. The van der Waals surface area contributed by atoms with Crippen LogP contribution in [-0.2, 0) is 4.74 Å². The minimum atomic E-state index is -0.211. The van der Waals surface area contributed by atoms with E-state index >= 15 is 0 Å². The van der Waals surface area contributed by atoms with Crippen LogP contribution < -0.4 is 11.1 Å². The van der Waals surface area contributed by atoms with Crippen molar-refractivity contribution in [2.24, 2.45) is 0 Å². The molecule has 1 aromatic heterocycles. The van der Waals surface area contributed by atoms with Gasteiger partial charge in [-0.15, -0.1) is 0 Å². The summed E-state index contributed by atoms with van der Waals surface area (Å²) in [7, 11) is 0. The quantitative estimate of drug-likeness (QED) is 0.754. The minimum absolute atomic E-state index is 0.140. The molecule has 1 aromatic rings. The molecule has 0 radical (unpaired) electrons. The van der Waals surface area contributed by atoms with Gasteiger partial charge in [-0.2, -0.15) is 0 Å². The van der Waals surface area contributed by atoms with Gasteiger partial charge in [0.05, 0.1) is 6.10 Å². The zero-order valence-electron chi connectivity index (χ0n) is 13.5. The summed E-state index contributed by atoms with van der Waals surface area (Å²) in [4.78, 5) is 20.2. The molecule has 0 atom stereocenters. The zero-order chi connectivity index (χ0) is 15.9. The third kappa shape index (κ3) is 4.94. The van der Waals surface area contributed by atoms with Crippen LogP contribution in [0.15, 0.2) is 6.07 Å². The van der Waals surface area contributed by atoms with E-state index in [0.29, 0.717) is 24.9 Å². The maximum atomic E-state index is 12.1. The fourth-order valence-corrected chi connectivity index (χ4v) is 2.57. The lowest BCUT2D eigenvalue weighted by molar-refractivity contribution is 0.0565. The monoisotopic (exact) mass is 306 g/mol. The Kier molecular flexibility index (Phi) is 6.12. The summed E-state index contributed by atoms with van der Waals surface area (Å²) in [6.45, 7) is 5.27. The largest absolute Gasteiger partial charge is 0.378 e. The number of nitrogen functional groups attached to an aromatic ring is 1. The minimum Gasteiger partial charge on any atom is -0.378 e. The van der Waals surface area contributed by atoms with Crippen molar-refractivity contribution in [2.45, 2.75) is 58.0 Å². The summed E-state index contributed by atoms with van der Waals surface area (Å²) >= 11 is 0. The molecule has 1 aliphatic carbocycles. The molecule has 1 aliphatic rings. The highest BCUT2D eigenvalue weighted by Gasteiger charge is 2.15. The summed E-state index contributed by atoms with van der Waals surface area (Å²) in [5, 5.41) is 2.85. The molecule has 1 amide bonds. The lowest BCUT2D eigenvalue weighted by atomic mass is 10.1. The molecule has 6 heteroatoms. The summed E-state index contributed by atoms with van der Waals surface area (Å²) < 4.78 is 5.76. The lowest BCUT2D eigenvalue weighted by Gasteiger charge is -2.11. The van der Waals surface area contributed by atoms with Gasteiger partial charge >= 0.3 is 0 Å². The molecule has 1 saturated carbocycles. The Morgan fingerprint density at radius 2 is 2.14 bits per heavy atom. The number of nitrogens with two attached hydrogens (primary N) is 1. The number of aromatic nitrogens is 2. The maximum absolute atomic E-state index is 12.1. The molecule has 22 heavy (non-hydrogen) atoms. The first-order chi connectivity index (χ1) is 10.6. The maximum Gasteiger partial charge on any atom is 0.270 e. The van der Waals surface area contributed by atoms with E-state index in [9.17, 15) is 4.79 Å². The van der Waals surface area contributed by atoms with Gasteiger partial charge in [-0.3, -0.25) is 4.79 Å². The molecule has 0 spiro atoms. The van der Waals surface area contributed by atoms with Crippen LogP contribution in [0.3, 0.4) is 0 Å². The summed E-state index contributed by atoms with van der Waals surface area (Å²) in [5.74, 6) is 0.134. The van der Waals surface area contributed by atoms with Crippen LogP contribution in [0.5, 0.6) is 0 Å². The van der Waals surface area contributed by atoms with E-state index in [4.69, 9.17) is 10.5 Å². The van der Waals surface area contributed by atoms with Gasteiger partial charge in [0, 0.05) is 18.8 Å². The Labute approximate surface area is 131 Å². The average molecular weight is 306 g/mol. The molecule has 0 aromatic carbocycles. The summed E-state index contributed by atoms with van der Waals surface area (Å²) in [6.07, 6.45) is 6.12. The van der Waals surface area contributed by atoms with E-state index in [2.05, 4.69) is 15.3 Å². The molecule has 0 saturated heterocycles. The Bertz CT molecular complexity index is 499. The van der Waals surface area contributed by atoms with E-state index < -0.39 is 0 Å². The van der Waals surface area contributed by atoms with Crippen molar-refractivity contribution in [1.29, 1.82) is 0 Å². The van der Waals surface area contributed by atoms with E-state index in [0.717, 1.165) is 12.1 Å². The number of rotatable bonds is 7. The van der Waals surface area contributed by atoms with Gasteiger partial charge in [-0.25, -0.2) is 9.97 Å². The second kappa shape index (κ2) is 8.08. The van der Waals surface area contributed by atoms with Gasteiger partial charge < -0.3 is 15.8 Å². The first-order valence-electron chi connectivity index (χ1n) is 8.10. The molecule has 0 unspecified atom stereocenters. The summed E-state index contributed by atoms with van der Waals surface area (Å²) in [5.41, 5.74) is 6.77. The molecule has 0 aliphatic heterocycles. The van der Waals surface area contributed by atoms with Crippen LogP contribution in [0.2, 0.25) is 0 Å². The Morgan fingerprint density at radius 3 is 2.82 bits per heavy atom. The van der Waals surface area contributed by atoms with Crippen molar-refractivity contribution < 1.29 is 9.53 Å². The van der Waals surface area contributed by atoms with Gasteiger partial charge in [-0.1, -0.05) is 26.7 Å². The lowest BCUT2D eigenvalue weighted by Crippen LogP contribution is -2.27. The smallest absolute Gasteiger partial charge is 0.270 e. The second-order valence-corrected chi connectivity index (χ2v) is 6.08. The van der Waals surface area contributed by atoms with Crippen molar-refractivity contribution in [3.8, 4) is 0 Å². The number of hydrogen-bond acceptors (Lipinski definition) is 5. The average Bonchev–Trinajstić information content (AvgIpc) is 2.99. The third-order valence-corrected chi connectivity index (χ3v) is 3.85. The number of amides is 1. The van der Waals surface area contributed by atoms with Crippen LogP contribution >= 0.6 is 0 Å². The van der Waals surface area contributed by atoms with Crippen molar-refractivity contribution >= 4 is 11.9 Å².